The predicted octanol–water partition coefficient (Wildman–Crippen LogP) is 9.08. The molecule has 4 aromatic heterocycles. The van der Waals surface area contributed by atoms with Crippen LogP contribution in [0.3, 0.4) is 0 Å². The van der Waals surface area contributed by atoms with Crippen LogP contribution in [-0.2, 0) is 17.1 Å². The fraction of sp³-hybridized carbons (Fsp3) is 0. The zero-order valence-corrected chi connectivity index (χ0v) is 33.7. The Kier molecular flexibility index (Phi) is 11.8. The number of aromatic amines is 4. The minimum atomic E-state index is -2.70. The van der Waals surface area contributed by atoms with Crippen LogP contribution < -0.4 is 21.4 Å². The Morgan fingerprint density at radius 1 is 0.188 bits per heavy atom. The smallest absolute Gasteiger partial charge is 0.354 e. The topological polar surface area (TPSA) is 63.2 Å². The number of hydrogen-bond acceptors (Lipinski definition) is 0. The summed E-state index contributed by atoms with van der Waals surface area (Å²) in [6.07, 6.45) is 0. The third kappa shape index (κ3) is 6.99. The zero-order chi connectivity index (χ0) is 49.3. The van der Waals surface area contributed by atoms with E-state index in [1.54, 1.807) is 0 Å². The molecule has 0 saturated heterocycles. The van der Waals surface area contributed by atoms with Crippen LogP contribution in [0.2, 0.25) is 0 Å². The van der Waals surface area contributed by atoms with Gasteiger partial charge in [-0.15, -0.1) is 0 Å². The molecule has 5 heterocycles. The molecular weight excluding hydrogens is 1020 g/mol. The molecule has 0 saturated carbocycles. The van der Waals surface area contributed by atoms with Crippen LogP contribution in [0.15, 0.2) is 48.5 Å². The minimum Gasteiger partial charge on any atom is -0.354 e. The molecule has 0 fully saturated rings. The van der Waals surface area contributed by atoms with Gasteiger partial charge in [-0.2, -0.15) is 0 Å². The third-order valence-corrected chi connectivity index (χ3v) is 10.7. The van der Waals surface area contributed by atoms with E-state index in [-0.39, 0.29) is 17.1 Å². The van der Waals surface area contributed by atoms with Crippen LogP contribution in [0.5, 0.6) is 0 Å². The van der Waals surface area contributed by atoms with Crippen molar-refractivity contribution in [1.29, 1.82) is 0 Å². The SMILES string of the molecule is Fc1c(F)c(F)c(C2=c3ccc([nH]3)=C(c3c(F)c(F)c(F)c(F)c3F)c3ccc([nH]3)C(c3c(F)c(F)c(F)c(F)c3F)=c3ccc([nH]3)=C(c3c(F)c(F)c(F)c(F)c3F)c3ccc2[nH]3)c(F)c1F.[Mn+3]. The Hall–Kier alpha value is -7.40. The first-order valence-corrected chi connectivity index (χ1v) is 18.4. The van der Waals surface area contributed by atoms with E-state index in [0.717, 1.165) is 0 Å². The van der Waals surface area contributed by atoms with Gasteiger partial charge in [0.1, 0.15) is 0 Å². The second kappa shape index (κ2) is 17.0. The average Bonchev–Trinajstić information content (AvgIpc) is 4.18. The van der Waals surface area contributed by atoms with E-state index in [9.17, 15) is 52.7 Å². The number of rotatable bonds is 4. The number of nitrogens with one attached hydrogen (secondary N) is 4. The van der Waals surface area contributed by atoms with Crippen LogP contribution in [0.4, 0.5) is 87.8 Å². The first kappa shape index (κ1) is 48.1. The van der Waals surface area contributed by atoms with Crippen molar-refractivity contribution in [2.45, 2.75) is 0 Å². The summed E-state index contributed by atoms with van der Waals surface area (Å²) in [6, 6.07) is 5.29. The Bertz CT molecular complexity index is 3230. The molecule has 352 valence electrons. The Labute approximate surface area is 377 Å². The van der Waals surface area contributed by atoms with Gasteiger partial charge in [0.2, 0.25) is 23.3 Å². The van der Waals surface area contributed by atoms with Crippen molar-refractivity contribution in [3.8, 4) is 0 Å². The summed E-state index contributed by atoms with van der Waals surface area (Å²) in [5, 5.41) is -3.59. The molecule has 8 bridgehead atoms. The molecule has 0 spiro atoms. The van der Waals surface area contributed by atoms with E-state index in [1.165, 1.54) is 0 Å². The molecule has 1 aliphatic heterocycles. The molecule has 4 aromatic carbocycles. The summed E-state index contributed by atoms with van der Waals surface area (Å²) in [7, 11) is 0. The molecule has 69 heavy (non-hydrogen) atoms. The normalized spacial score (nSPS) is 12.7. The average molecular weight is 1030 g/mol. The van der Waals surface area contributed by atoms with Crippen molar-refractivity contribution < 1.29 is 105 Å². The Balaban J connectivity index is 0.00000642. The summed E-state index contributed by atoms with van der Waals surface area (Å²) in [5.41, 5.74) is -15.7. The number of aromatic nitrogens is 4. The largest absolute Gasteiger partial charge is 3.00 e. The predicted molar refractivity (Wildman–Crippen MR) is 193 cm³/mol. The number of halogens is 20. The molecule has 4 nitrogen and oxygen atoms in total. The van der Waals surface area contributed by atoms with Gasteiger partial charge in [-0.05, 0) is 48.5 Å². The Morgan fingerprint density at radius 2 is 0.333 bits per heavy atom. The third-order valence-electron chi connectivity index (χ3n) is 10.7. The number of H-pyrrole nitrogens is 4. The summed E-state index contributed by atoms with van der Waals surface area (Å²) in [6.45, 7) is 0. The molecule has 9 rings (SSSR count). The number of hydrogen-bond donors (Lipinski definition) is 4. The molecule has 8 aromatic rings. The first-order valence-electron chi connectivity index (χ1n) is 18.4. The summed E-state index contributed by atoms with van der Waals surface area (Å²) >= 11 is 0. The standard InChI is InChI=1S/C44H12F20N4.Mn/c45-25-21(26(46)34(54)41(61)33(25)53)17-9-1-2-10(65-9)18(22-27(47)35(55)42(62)36(56)28(22)48)12-5-6-14(67-12)20(24-31(51)39(59)44(64)40(60)32(24)52)16-8-7-15(68-16)19(13-4-3-11(17)66-13)23-29(49)37(57)43(63)38(58)30(23)50;/h1-8,65-68H;/q;+3. The number of fused-ring (bicyclic) bond motifs is 8. The van der Waals surface area contributed by atoms with Crippen molar-refractivity contribution in [2.75, 3.05) is 0 Å². The maximum Gasteiger partial charge on any atom is 3.00 e. The van der Waals surface area contributed by atoms with Crippen LogP contribution in [0.25, 0.3) is 22.3 Å². The van der Waals surface area contributed by atoms with Crippen molar-refractivity contribution in [3.63, 3.8) is 0 Å². The van der Waals surface area contributed by atoms with Gasteiger partial charge in [-0.25, -0.2) is 87.8 Å². The molecule has 0 aliphatic carbocycles. The monoisotopic (exact) mass is 1030 g/mol. The van der Waals surface area contributed by atoms with Crippen LogP contribution in [-0.4, -0.2) is 19.9 Å². The summed E-state index contributed by atoms with van der Waals surface area (Å²) in [4.78, 5) is 9.09. The van der Waals surface area contributed by atoms with Crippen LogP contribution in [0, 0.1) is 116 Å². The summed E-state index contributed by atoms with van der Waals surface area (Å²) in [5.74, 6) is -52.2. The molecule has 0 atom stereocenters. The van der Waals surface area contributed by atoms with Crippen molar-refractivity contribution in [1.82, 2.24) is 19.9 Å². The second-order valence-corrected chi connectivity index (χ2v) is 14.4. The maximum absolute atomic E-state index is 15.8. The van der Waals surface area contributed by atoms with Gasteiger partial charge >= 0.3 is 17.1 Å². The van der Waals surface area contributed by atoms with E-state index >= 15 is 35.1 Å². The molecule has 4 N–H and O–H groups in total. The first-order chi connectivity index (χ1) is 32.1. The molecule has 1 aliphatic rings. The van der Waals surface area contributed by atoms with Gasteiger partial charge in [0.05, 0.1) is 22.3 Å². The Morgan fingerprint density at radius 3 is 0.493 bits per heavy atom. The van der Waals surface area contributed by atoms with Gasteiger partial charge in [0.25, 0.3) is 0 Å². The van der Waals surface area contributed by atoms with Gasteiger partial charge in [0.15, 0.2) is 93.1 Å². The van der Waals surface area contributed by atoms with E-state index in [2.05, 4.69) is 19.9 Å². The molecular formula is C44H12F20MnN4+3. The maximum atomic E-state index is 15.8. The van der Waals surface area contributed by atoms with Crippen molar-refractivity contribution in [2.24, 2.45) is 0 Å². The molecule has 0 radical (unpaired) electrons. The number of benzene rings is 4. The fourth-order valence-corrected chi connectivity index (χ4v) is 7.70. The fourth-order valence-electron chi connectivity index (χ4n) is 7.70. The van der Waals surface area contributed by atoms with E-state index < -0.39 is 205 Å². The van der Waals surface area contributed by atoms with E-state index in [1.807, 2.05) is 0 Å². The minimum absolute atomic E-state index is 0. The molecule has 0 unspecified atom stereocenters. The second-order valence-electron chi connectivity index (χ2n) is 14.4. The van der Waals surface area contributed by atoms with Gasteiger partial charge in [-0.3, -0.25) is 0 Å². The molecule has 0 amide bonds. The van der Waals surface area contributed by atoms with E-state index in [4.69, 9.17) is 0 Å². The zero-order valence-electron chi connectivity index (χ0n) is 32.6. The van der Waals surface area contributed by atoms with Gasteiger partial charge < -0.3 is 19.9 Å². The summed E-state index contributed by atoms with van der Waals surface area (Å²) < 4.78 is 303. The molecule has 25 heteroatoms. The van der Waals surface area contributed by atoms with Gasteiger partial charge in [-0.1, -0.05) is 0 Å². The quantitative estimate of drug-likeness (QED) is 0.0589. The van der Waals surface area contributed by atoms with Crippen molar-refractivity contribution in [3.05, 3.63) is 231 Å². The van der Waals surface area contributed by atoms with Crippen LogP contribution >= 0.6 is 0 Å². The van der Waals surface area contributed by atoms with E-state index in [0.29, 0.717) is 48.5 Å². The van der Waals surface area contributed by atoms with Crippen molar-refractivity contribution >= 4 is 22.3 Å². The van der Waals surface area contributed by atoms with Gasteiger partial charge in [0, 0.05) is 66.5 Å². The van der Waals surface area contributed by atoms with Crippen LogP contribution in [0.1, 0.15) is 45.0 Å².